The summed E-state index contributed by atoms with van der Waals surface area (Å²) in [5, 5.41) is 0. The number of carbonyl (C=O) groups is 1. The van der Waals surface area contributed by atoms with Gasteiger partial charge in [0.25, 0.3) is 0 Å². The smallest absolute Gasteiger partial charge is 0.233 e. The molecule has 0 bridgehead atoms. The van der Waals surface area contributed by atoms with E-state index in [4.69, 9.17) is 4.74 Å². The normalized spacial score (nSPS) is 23.5. The molecule has 138 valence electrons. The zero-order valence-electron chi connectivity index (χ0n) is 16.0. The predicted molar refractivity (Wildman–Crippen MR) is 101 cm³/mol. The lowest BCUT2D eigenvalue weighted by atomic mass is 9.77. The van der Waals surface area contributed by atoms with Crippen LogP contribution in [0.3, 0.4) is 0 Å². The number of likely N-dealkylation sites (tertiary alicyclic amines) is 1. The van der Waals surface area contributed by atoms with Gasteiger partial charge in [-0.2, -0.15) is 0 Å². The Labute approximate surface area is 152 Å². The molecular formula is C21H32N2O2. The van der Waals surface area contributed by atoms with Gasteiger partial charge in [-0.05, 0) is 63.9 Å². The number of carbonyl (C=O) groups excluding carboxylic acids is 1. The molecule has 4 heteroatoms. The van der Waals surface area contributed by atoms with Crippen molar-refractivity contribution in [3.63, 3.8) is 0 Å². The highest BCUT2D eigenvalue weighted by Gasteiger charge is 2.45. The number of hydrogen-bond donors (Lipinski definition) is 0. The Hall–Kier alpha value is -1.55. The molecule has 0 spiro atoms. The van der Waals surface area contributed by atoms with Gasteiger partial charge in [0.2, 0.25) is 5.91 Å². The molecule has 2 fully saturated rings. The van der Waals surface area contributed by atoms with Gasteiger partial charge in [0.15, 0.2) is 0 Å². The van der Waals surface area contributed by atoms with Crippen molar-refractivity contribution in [2.75, 3.05) is 34.3 Å². The standard InChI is InChI=1S/C21H32N2O2/c1-22(2)18-7-6-15-23(16-12-18)20(24)21(13-4-5-14-21)17-8-10-19(25-3)11-9-17/h8-11,18H,4-7,12-16H2,1-3H3/t18-/m0/s1. The molecule has 1 saturated carbocycles. The summed E-state index contributed by atoms with van der Waals surface area (Å²) < 4.78 is 5.29. The summed E-state index contributed by atoms with van der Waals surface area (Å²) >= 11 is 0. The van der Waals surface area contributed by atoms with Gasteiger partial charge in [0.05, 0.1) is 12.5 Å². The van der Waals surface area contributed by atoms with Crippen LogP contribution in [0.25, 0.3) is 0 Å². The van der Waals surface area contributed by atoms with Gasteiger partial charge < -0.3 is 14.5 Å². The molecule has 0 radical (unpaired) electrons. The SMILES string of the molecule is COc1ccc(C2(C(=O)N3CCC[C@H](N(C)C)CC3)CCCC2)cc1. The van der Waals surface area contributed by atoms with E-state index in [2.05, 4.69) is 36.0 Å². The molecule has 4 nitrogen and oxygen atoms in total. The van der Waals surface area contributed by atoms with Crippen LogP contribution in [-0.2, 0) is 10.2 Å². The van der Waals surface area contributed by atoms with Crippen molar-refractivity contribution in [3.8, 4) is 5.75 Å². The molecule has 1 aromatic rings. The van der Waals surface area contributed by atoms with Crippen molar-refractivity contribution < 1.29 is 9.53 Å². The average Bonchev–Trinajstić information content (AvgIpc) is 2.99. The summed E-state index contributed by atoms with van der Waals surface area (Å²) in [7, 11) is 5.99. The number of ether oxygens (including phenoxy) is 1. The zero-order valence-corrected chi connectivity index (χ0v) is 16.0. The van der Waals surface area contributed by atoms with Gasteiger partial charge in [-0.25, -0.2) is 0 Å². The monoisotopic (exact) mass is 344 g/mol. The van der Waals surface area contributed by atoms with E-state index in [1.165, 1.54) is 12.0 Å². The number of nitrogens with zero attached hydrogens (tertiary/aromatic N) is 2. The second kappa shape index (κ2) is 7.77. The fourth-order valence-corrected chi connectivity index (χ4v) is 4.62. The molecule has 0 N–H and O–H groups in total. The fraction of sp³-hybridized carbons (Fsp3) is 0.667. The number of benzene rings is 1. The minimum Gasteiger partial charge on any atom is -0.497 e. The van der Waals surface area contributed by atoms with E-state index < -0.39 is 0 Å². The minimum atomic E-state index is -0.315. The van der Waals surface area contributed by atoms with Crippen molar-refractivity contribution in [2.45, 2.75) is 56.4 Å². The number of amides is 1. The molecule has 1 aliphatic heterocycles. The van der Waals surface area contributed by atoms with Crippen LogP contribution in [0.5, 0.6) is 5.75 Å². The topological polar surface area (TPSA) is 32.8 Å². The van der Waals surface area contributed by atoms with Crippen molar-refractivity contribution >= 4 is 5.91 Å². The van der Waals surface area contributed by atoms with Crippen LogP contribution in [-0.4, -0.2) is 56.0 Å². The van der Waals surface area contributed by atoms with Crippen molar-refractivity contribution in [3.05, 3.63) is 29.8 Å². The third kappa shape index (κ3) is 3.69. The van der Waals surface area contributed by atoms with Crippen LogP contribution >= 0.6 is 0 Å². The average molecular weight is 344 g/mol. The van der Waals surface area contributed by atoms with Crippen LogP contribution in [0.4, 0.5) is 0 Å². The second-order valence-electron chi connectivity index (χ2n) is 7.86. The Balaban J connectivity index is 1.81. The highest BCUT2D eigenvalue weighted by Crippen LogP contribution is 2.43. The summed E-state index contributed by atoms with van der Waals surface area (Å²) in [6, 6.07) is 8.78. The first-order chi connectivity index (χ1) is 12.1. The quantitative estimate of drug-likeness (QED) is 0.839. The van der Waals surface area contributed by atoms with E-state index in [1.54, 1.807) is 7.11 Å². The van der Waals surface area contributed by atoms with E-state index in [0.29, 0.717) is 11.9 Å². The lowest BCUT2D eigenvalue weighted by Crippen LogP contribution is -2.46. The van der Waals surface area contributed by atoms with E-state index >= 15 is 0 Å². The van der Waals surface area contributed by atoms with Crippen LogP contribution in [0.15, 0.2) is 24.3 Å². The molecule has 1 amide bonds. The Morgan fingerprint density at radius 2 is 1.76 bits per heavy atom. The highest BCUT2D eigenvalue weighted by atomic mass is 16.5. The Morgan fingerprint density at radius 1 is 1.08 bits per heavy atom. The zero-order chi connectivity index (χ0) is 17.9. The van der Waals surface area contributed by atoms with Gasteiger partial charge in [0, 0.05) is 19.1 Å². The second-order valence-corrected chi connectivity index (χ2v) is 7.86. The molecule has 0 aromatic heterocycles. The number of methoxy groups -OCH3 is 1. The molecular weight excluding hydrogens is 312 g/mol. The first kappa shape index (κ1) is 18.2. The third-order valence-corrected chi connectivity index (χ3v) is 6.22. The summed E-state index contributed by atoms with van der Waals surface area (Å²) in [6.45, 7) is 1.79. The lowest BCUT2D eigenvalue weighted by Gasteiger charge is -2.34. The van der Waals surface area contributed by atoms with Crippen LogP contribution < -0.4 is 4.74 Å². The maximum absolute atomic E-state index is 13.6. The summed E-state index contributed by atoms with van der Waals surface area (Å²) in [6.07, 6.45) is 7.62. The van der Waals surface area contributed by atoms with Gasteiger partial charge in [-0.15, -0.1) is 0 Å². The lowest BCUT2D eigenvalue weighted by molar-refractivity contribution is -0.137. The van der Waals surface area contributed by atoms with E-state index in [9.17, 15) is 4.79 Å². The Morgan fingerprint density at radius 3 is 2.36 bits per heavy atom. The van der Waals surface area contributed by atoms with Crippen molar-refractivity contribution in [1.29, 1.82) is 0 Å². The van der Waals surface area contributed by atoms with E-state index in [-0.39, 0.29) is 5.41 Å². The number of hydrogen-bond acceptors (Lipinski definition) is 3. The van der Waals surface area contributed by atoms with Gasteiger partial charge in [-0.1, -0.05) is 25.0 Å². The van der Waals surface area contributed by atoms with Crippen LogP contribution in [0.2, 0.25) is 0 Å². The highest BCUT2D eigenvalue weighted by molar-refractivity contribution is 5.88. The maximum Gasteiger partial charge on any atom is 0.233 e. The molecule has 1 heterocycles. The molecule has 1 atom stereocenters. The third-order valence-electron chi connectivity index (χ3n) is 6.22. The summed E-state index contributed by atoms with van der Waals surface area (Å²) in [4.78, 5) is 18.0. The van der Waals surface area contributed by atoms with Gasteiger partial charge in [0.1, 0.15) is 5.75 Å². The number of rotatable bonds is 4. The largest absolute Gasteiger partial charge is 0.497 e. The Kier molecular flexibility index (Phi) is 5.67. The predicted octanol–water partition coefficient (Wildman–Crippen LogP) is 3.45. The summed E-state index contributed by atoms with van der Waals surface area (Å²) in [5.41, 5.74) is 0.855. The first-order valence-corrected chi connectivity index (χ1v) is 9.67. The molecule has 0 unspecified atom stereocenters. The van der Waals surface area contributed by atoms with Crippen LogP contribution in [0, 0.1) is 0 Å². The van der Waals surface area contributed by atoms with Crippen molar-refractivity contribution in [1.82, 2.24) is 9.80 Å². The minimum absolute atomic E-state index is 0.315. The van der Waals surface area contributed by atoms with Crippen LogP contribution in [0.1, 0.15) is 50.5 Å². The Bertz CT molecular complexity index is 576. The molecule has 1 saturated heterocycles. The molecule has 1 aliphatic carbocycles. The van der Waals surface area contributed by atoms with E-state index in [0.717, 1.165) is 57.4 Å². The van der Waals surface area contributed by atoms with Gasteiger partial charge in [-0.3, -0.25) is 4.79 Å². The van der Waals surface area contributed by atoms with E-state index in [1.807, 2.05) is 12.1 Å². The fourth-order valence-electron chi connectivity index (χ4n) is 4.62. The maximum atomic E-state index is 13.6. The van der Waals surface area contributed by atoms with Crippen molar-refractivity contribution in [2.24, 2.45) is 0 Å². The molecule has 2 aliphatic rings. The molecule has 1 aromatic carbocycles. The molecule has 25 heavy (non-hydrogen) atoms. The van der Waals surface area contributed by atoms with Gasteiger partial charge >= 0.3 is 0 Å². The summed E-state index contributed by atoms with van der Waals surface area (Å²) in [5.74, 6) is 1.21. The first-order valence-electron chi connectivity index (χ1n) is 9.67. The molecule has 3 rings (SSSR count).